The van der Waals surface area contributed by atoms with Crippen molar-refractivity contribution < 1.29 is 9.72 Å². The number of nitrogens with one attached hydrogen (secondary N) is 1. The Morgan fingerprint density at radius 2 is 1.93 bits per heavy atom. The lowest BCUT2D eigenvalue weighted by molar-refractivity contribution is -0.384. The van der Waals surface area contributed by atoms with Crippen molar-refractivity contribution in [1.82, 2.24) is 5.43 Å². The zero-order valence-corrected chi connectivity index (χ0v) is 14.8. The highest BCUT2D eigenvalue weighted by molar-refractivity contribution is 6.02. The normalized spacial score (nSPS) is 11.1. The van der Waals surface area contributed by atoms with Crippen molar-refractivity contribution in [3.05, 3.63) is 75.3 Å². The van der Waals surface area contributed by atoms with Crippen LogP contribution in [0.2, 0.25) is 0 Å². The second-order valence-corrected chi connectivity index (χ2v) is 5.71. The van der Waals surface area contributed by atoms with Gasteiger partial charge in [-0.2, -0.15) is 10.4 Å². The summed E-state index contributed by atoms with van der Waals surface area (Å²) >= 11 is 0. The van der Waals surface area contributed by atoms with E-state index in [1.54, 1.807) is 12.1 Å². The third-order valence-corrected chi connectivity index (χ3v) is 3.55. The van der Waals surface area contributed by atoms with E-state index in [4.69, 9.17) is 5.26 Å². The minimum absolute atomic E-state index is 0.124. The van der Waals surface area contributed by atoms with Gasteiger partial charge in [0.05, 0.1) is 11.1 Å². The SMILES string of the molecule is CN(C)c1ccc(/C=N\NC(=O)/C(C#N)=C/c2cccc([N+](=O)[O-])c2)cc1. The molecule has 27 heavy (non-hydrogen) atoms. The molecule has 0 atom stereocenters. The van der Waals surface area contributed by atoms with Gasteiger partial charge in [0.25, 0.3) is 11.6 Å². The Labute approximate surface area is 156 Å². The first-order valence-corrected chi connectivity index (χ1v) is 7.88. The van der Waals surface area contributed by atoms with E-state index in [9.17, 15) is 14.9 Å². The summed E-state index contributed by atoms with van der Waals surface area (Å²) in [5.41, 5.74) is 4.12. The summed E-state index contributed by atoms with van der Waals surface area (Å²) in [7, 11) is 3.86. The Balaban J connectivity index is 2.07. The van der Waals surface area contributed by atoms with Crippen LogP contribution in [0.3, 0.4) is 0 Å². The Morgan fingerprint density at radius 1 is 1.22 bits per heavy atom. The smallest absolute Gasteiger partial charge is 0.282 e. The maximum Gasteiger partial charge on any atom is 0.282 e. The predicted molar refractivity (Wildman–Crippen MR) is 103 cm³/mol. The molecular formula is C19H17N5O3. The summed E-state index contributed by atoms with van der Waals surface area (Å²) in [5, 5.41) is 23.8. The zero-order chi connectivity index (χ0) is 19.8. The van der Waals surface area contributed by atoms with E-state index in [1.807, 2.05) is 43.3 Å². The molecule has 8 heteroatoms. The molecule has 1 amide bonds. The van der Waals surface area contributed by atoms with Gasteiger partial charge >= 0.3 is 0 Å². The Bertz CT molecular complexity index is 941. The van der Waals surface area contributed by atoms with Crippen LogP contribution < -0.4 is 10.3 Å². The van der Waals surface area contributed by atoms with Gasteiger partial charge in [-0.05, 0) is 29.3 Å². The van der Waals surface area contributed by atoms with Crippen LogP contribution in [0.25, 0.3) is 6.08 Å². The highest BCUT2D eigenvalue weighted by Gasteiger charge is 2.10. The molecule has 2 aromatic carbocycles. The van der Waals surface area contributed by atoms with Gasteiger partial charge in [0.1, 0.15) is 11.6 Å². The summed E-state index contributed by atoms with van der Waals surface area (Å²) in [4.78, 5) is 24.3. The largest absolute Gasteiger partial charge is 0.378 e. The molecule has 8 nitrogen and oxygen atoms in total. The maximum absolute atomic E-state index is 12.1. The van der Waals surface area contributed by atoms with Gasteiger partial charge in [-0.3, -0.25) is 14.9 Å². The van der Waals surface area contributed by atoms with Crippen molar-refractivity contribution in [2.75, 3.05) is 19.0 Å². The molecule has 2 aromatic rings. The lowest BCUT2D eigenvalue weighted by atomic mass is 10.1. The molecule has 0 saturated heterocycles. The second-order valence-electron chi connectivity index (χ2n) is 5.71. The number of rotatable bonds is 6. The minimum Gasteiger partial charge on any atom is -0.378 e. The van der Waals surface area contributed by atoms with Crippen LogP contribution in [0.5, 0.6) is 0 Å². The van der Waals surface area contributed by atoms with Gasteiger partial charge in [0, 0.05) is 31.9 Å². The van der Waals surface area contributed by atoms with E-state index in [2.05, 4.69) is 10.5 Å². The summed E-state index contributed by atoms with van der Waals surface area (Å²) in [6.45, 7) is 0. The third kappa shape index (κ3) is 5.51. The molecule has 1 N–H and O–H groups in total. The number of anilines is 1. The predicted octanol–water partition coefficient (Wildman–Crippen LogP) is 2.72. The first kappa shape index (κ1) is 19.3. The van der Waals surface area contributed by atoms with Crippen LogP contribution in [0.4, 0.5) is 11.4 Å². The van der Waals surface area contributed by atoms with Crippen LogP contribution in [-0.2, 0) is 4.79 Å². The highest BCUT2D eigenvalue weighted by Crippen LogP contribution is 2.15. The summed E-state index contributed by atoms with van der Waals surface area (Å²) in [6, 6.07) is 14.9. The molecule has 0 spiro atoms. The van der Waals surface area contributed by atoms with Crippen LogP contribution in [0, 0.1) is 21.4 Å². The molecule has 0 aliphatic heterocycles. The summed E-state index contributed by atoms with van der Waals surface area (Å²) in [6.07, 6.45) is 2.73. The molecule has 0 saturated carbocycles. The summed E-state index contributed by atoms with van der Waals surface area (Å²) < 4.78 is 0. The summed E-state index contributed by atoms with van der Waals surface area (Å²) in [5.74, 6) is -0.704. The Kier molecular flexibility index (Phi) is 6.39. The van der Waals surface area contributed by atoms with Crippen LogP contribution in [0.15, 0.2) is 59.2 Å². The topological polar surface area (TPSA) is 112 Å². The Hall–Kier alpha value is -3.99. The molecule has 0 heterocycles. The fourth-order valence-corrected chi connectivity index (χ4v) is 2.13. The van der Waals surface area contributed by atoms with Crippen LogP contribution in [-0.4, -0.2) is 31.1 Å². The number of nitro groups is 1. The van der Waals surface area contributed by atoms with E-state index in [0.29, 0.717) is 5.56 Å². The molecule has 0 bridgehead atoms. The van der Waals surface area contributed by atoms with Gasteiger partial charge in [0.15, 0.2) is 0 Å². The quantitative estimate of drug-likeness (QED) is 0.279. The van der Waals surface area contributed by atoms with Crippen molar-refractivity contribution in [3.8, 4) is 6.07 Å². The van der Waals surface area contributed by atoms with Gasteiger partial charge in [-0.1, -0.05) is 24.3 Å². The number of hydrogen-bond acceptors (Lipinski definition) is 6. The Morgan fingerprint density at radius 3 is 2.52 bits per heavy atom. The van der Waals surface area contributed by atoms with Gasteiger partial charge < -0.3 is 4.90 Å². The average Bonchev–Trinajstić information content (AvgIpc) is 2.66. The van der Waals surface area contributed by atoms with Gasteiger partial charge in [-0.25, -0.2) is 5.43 Å². The number of benzene rings is 2. The molecular weight excluding hydrogens is 346 g/mol. The second kappa shape index (κ2) is 8.92. The number of nitro benzene ring substituents is 1. The number of carbonyl (C=O) groups is 1. The van der Waals surface area contributed by atoms with E-state index >= 15 is 0 Å². The lowest BCUT2D eigenvalue weighted by Gasteiger charge is -2.11. The number of non-ortho nitro benzene ring substituents is 1. The average molecular weight is 363 g/mol. The van der Waals surface area contributed by atoms with Crippen molar-refractivity contribution in [1.29, 1.82) is 5.26 Å². The van der Waals surface area contributed by atoms with Crippen molar-refractivity contribution in [3.63, 3.8) is 0 Å². The van der Waals surface area contributed by atoms with E-state index < -0.39 is 10.8 Å². The molecule has 0 unspecified atom stereocenters. The van der Waals surface area contributed by atoms with E-state index in [1.165, 1.54) is 30.5 Å². The monoisotopic (exact) mass is 363 g/mol. The van der Waals surface area contributed by atoms with Crippen molar-refractivity contribution >= 4 is 29.6 Å². The van der Waals surface area contributed by atoms with Crippen LogP contribution in [0.1, 0.15) is 11.1 Å². The number of hydrogen-bond donors (Lipinski definition) is 1. The maximum atomic E-state index is 12.1. The fourth-order valence-electron chi connectivity index (χ4n) is 2.13. The molecule has 0 aliphatic rings. The molecule has 136 valence electrons. The number of hydrazone groups is 1. The number of nitrogens with zero attached hydrogens (tertiary/aromatic N) is 4. The van der Waals surface area contributed by atoms with E-state index in [-0.39, 0.29) is 11.3 Å². The van der Waals surface area contributed by atoms with Gasteiger partial charge in [0.2, 0.25) is 0 Å². The zero-order valence-electron chi connectivity index (χ0n) is 14.8. The number of amides is 1. The molecule has 0 fully saturated rings. The minimum atomic E-state index is -0.704. The molecule has 0 aliphatic carbocycles. The first-order valence-electron chi connectivity index (χ1n) is 7.88. The highest BCUT2D eigenvalue weighted by atomic mass is 16.6. The lowest BCUT2D eigenvalue weighted by Crippen LogP contribution is -2.19. The molecule has 0 aromatic heterocycles. The van der Waals surface area contributed by atoms with Crippen LogP contribution >= 0.6 is 0 Å². The van der Waals surface area contributed by atoms with Crippen molar-refractivity contribution in [2.45, 2.75) is 0 Å². The fraction of sp³-hybridized carbons (Fsp3) is 0.105. The van der Waals surface area contributed by atoms with Gasteiger partial charge in [-0.15, -0.1) is 0 Å². The third-order valence-electron chi connectivity index (χ3n) is 3.55. The first-order chi connectivity index (χ1) is 12.9. The van der Waals surface area contributed by atoms with Crippen molar-refractivity contribution in [2.24, 2.45) is 5.10 Å². The molecule has 0 radical (unpaired) electrons. The molecule has 2 rings (SSSR count). The number of nitriles is 1. The number of carbonyl (C=O) groups excluding carboxylic acids is 1. The van der Waals surface area contributed by atoms with E-state index in [0.717, 1.165) is 11.3 Å². The standard InChI is InChI=1S/C19H17N5O3/c1-23(2)17-8-6-14(7-9-17)13-21-22-19(25)16(12-20)10-15-4-3-5-18(11-15)24(26)27/h3-11,13H,1-2H3,(H,22,25)/b16-10+,21-13-.